The van der Waals surface area contributed by atoms with Crippen LogP contribution in [0.3, 0.4) is 0 Å². The average Bonchev–Trinajstić information content (AvgIpc) is 2.61. The number of H-pyrrole nitrogens is 1. The van der Waals surface area contributed by atoms with E-state index in [1.54, 1.807) is 0 Å². The molecule has 1 unspecified atom stereocenters. The first-order valence-electron chi connectivity index (χ1n) is 8.31. The van der Waals surface area contributed by atoms with E-state index in [2.05, 4.69) is 4.98 Å². The number of nitrogens with one attached hydrogen (secondary N) is 1. The lowest BCUT2D eigenvalue weighted by Gasteiger charge is -2.35. The lowest BCUT2D eigenvalue weighted by molar-refractivity contribution is 0.0677. The standard InChI is InChI=1S/C19H22N2O2S/c1-14-11-18(24)20-12-16(14)17-9-5-6-10-21(17)19(22)23-13-15-7-3-2-4-8-15/h2-4,7-8,11-12,17H,5-6,9-10,13H2,1H3,(H,20,24). The monoisotopic (exact) mass is 342 g/mol. The molecule has 1 aromatic carbocycles. The molecule has 24 heavy (non-hydrogen) atoms. The highest BCUT2D eigenvalue weighted by atomic mass is 32.1. The Bertz CT molecular complexity index is 757. The van der Waals surface area contributed by atoms with Crippen LogP contribution in [-0.2, 0) is 11.3 Å². The minimum Gasteiger partial charge on any atom is -0.445 e. The number of pyridine rings is 1. The van der Waals surface area contributed by atoms with Gasteiger partial charge in [0.05, 0.1) is 6.04 Å². The number of ether oxygens (including phenoxy) is 1. The van der Waals surface area contributed by atoms with Crippen molar-refractivity contribution in [2.75, 3.05) is 6.54 Å². The maximum Gasteiger partial charge on any atom is 0.410 e. The molecule has 1 atom stereocenters. The lowest BCUT2D eigenvalue weighted by atomic mass is 9.94. The number of aromatic nitrogens is 1. The van der Waals surface area contributed by atoms with Crippen LogP contribution in [-0.4, -0.2) is 22.5 Å². The van der Waals surface area contributed by atoms with E-state index in [9.17, 15) is 4.79 Å². The van der Waals surface area contributed by atoms with E-state index in [1.165, 1.54) is 0 Å². The van der Waals surface area contributed by atoms with Crippen molar-refractivity contribution in [3.8, 4) is 0 Å². The molecule has 1 fully saturated rings. The molecule has 1 aliphatic heterocycles. The molecule has 3 rings (SSSR count). The van der Waals surface area contributed by atoms with Crippen LogP contribution in [0.1, 0.15) is 42.0 Å². The first-order chi connectivity index (χ1) is 11.6. The molecule has 2 aromatic rings. The summed E-state index contributed by atoms with van der Waals surface area (Å²) >= 11 is 5.18. The summed E-state index contributed by atoms with van der Waals surface area (Å²) in [5.41, 5.74) is 3.24. The fourth-order valence-corrected chi connectivity index (χ4v) is 3.45. The smallest absolute Gasteiger partial charge is 0.410 e. The predicted octanol–water partition coefficient (Wildman–Crippen LogP) is 4.92. The van der Waals surface area contributed by atoms with E-state index in [0.717, 1.165) is 42.5 Å². The van der Waals surface area contributed by atoms with Gasteiger partial charge in [0.15, 0.2) is 0 Å². The molecule has 0 radical (unpaired) electrons. The zero-order valence-corrected chi connectivity index (χ0v) is 14.6. The number of piperidine rings is 1. The van der Waals surface area contributed by atoms with Gasteiger partial charge in [-0.1, -0.05) is 42.5 Å². The van der Waals surface area contributed by atoms with Gasteiger partial charge in [0.25, 0.3) is 0 Å². The van der Waals surface area contributed by atoms with Gasteiger partial charge in [0.2, 0.25) is 0 Å². The minimum atomic E-state index is -0.245. The molecule has 1 saturated heterocycles. The van der Waals surface area contributed by atoms with Gasteiger partial charge >= 0.3 is 6.09 Å². The van der Waals surface area contributed by atoms with E-state index in [1.807, 2.05) is 54.4 Å². The van der Waals surface area contributed by atoms with Gasteiger partial charge in [0.1, 0.15) is 11.2 Å². The van der Waals surface area contributed by atoms with Gasteiger partial charge in [-0.25, -0.2) is 4.79 Å². The third kappa shape index (κ3) is 3.85. The fraction of sp³-hybridized carbons (Fsp3) is 0.368. The summed E-state index contributed by atoms with van der Waals surface area (Å²) in [6, 6.07) is 11.8. The summed E-state index contributed by atoms with van der Waals surface area (Å²) in [4.78, 5) is 17.6. The number of hydrogen-bond acceptors (Lipinski definition) is 3. The van der Waals surface area contributed by atoms with Crippen LogP contribution in [0.15, 0.2) is 42.6 Å². The normalized spacial score (nSPS) is 17.5. The van der Waals surface area contributed by atoms with Crippen LogP contribution < -0.4 is 0 Å². The number of hydrogen-bond donors (Lipinski definition) is 1. The van der Waals surface area contributed by atoms with Crippen LogP contribution in [0.5, 0.6) is 0 Å². The topological polar surface area (TPSA) is 45.3 Å². The van der Waals surface area contributed by atoms with Crippen LogP contribution in [0.4, 0.5) is 4.79 Å². The summed E-state index contributed by atoms with van der Waals surface area (Å²) < 4.78 is 6.25. The summed E-state index contributed by atoms with van der Waals surface area (Å²) in [5, 5.41) is 0. The maximum absolute atomic E-state index is 12.6. The van der Waals surface area contributed by atoms with Gasteiger partial charge < -0.3 is 14.6 Å². The second-order valence-electron chi connectivity index (χ2n) is 6.18. The number of carbonyl (C=O) groups is 1. The third-order valence-electron chi connectivity index (χ3n) is 4.47. The fourth-order valence-electron chi connectivity index (χ4n) is 3.22. The van der Waals surface area contributed by atoms with Gasteiger partial charge in [-0.3, -0.25) is 0 Å². The molecule has 0 saturated carbocycles. The number of aryl methyl sites for hydroxylation is 1. The highest BCUT2D eigenvalue weighted by molar-refractivity contribution is 7.71. The first-order valence-corrected chi connectivity index (χ1v) is 8.72. The molecule has 0 bridgehead atoms. The lowest BCUT2D eigenvalue weighted by Crippen LogP contribution is -2.39. The summed E-state index contributed by atoms with van der Waals surface area (Å²) in [6.07, 6.45) is 4.77. The van der Waals surface area contributed by atoms with Gasteiger partial charge in [-0.2, -0.15) is 0 Å². The average molecular weight is 342 g/mol. The van der Waals surface area contributed by atoms with Gasteiger partial charge in [-0.05, 0) is 48.9 Å². The van der Waals surface area contributed by atoms with Crippen molar-refractivity contribution in [3.05, 3.63) is 63.9 Å². The summed E-state index contributed by atoms with van der Waals surface area (Å²) in [6.45, 7) is 3.08. The molecule has 2 heterocycles. The zero-order chi connectivity index (χ0) is 16.9. The molecule has 1 amide bonds. The highest BCUT2D eigenvalue weighted by Gasteiger charge is 2.30. The van der Waals surface area contributed by atoms with Crippen molar-refractivity contribution in [1.29, 1.82) is 0 Å². The minimum absolute atomic E-state index is 0.0499. The summed E-state index contributed by atoms with van der Waals surface area (Å²) in [5.74, 6) is 0. The number of likely N-dealkylation sites (tertiary alicyclic amines) is 1. The molecule has 0 aliphatic carbocycles. The quantitative estimate of drug-likeness (QED) is 0.806. The van der Waals surface area contributed by atoms with Crippen molar-refractivity contribution in [2.45, 2.75) is 38.8 Å². The van der Waals surface area contributed by atoms with E-state index in [-0.39, 0.29) is 12.1 Å². The number of carbonyl (C=O) groups excluding carboxylic acids is 1. The first kappa shape index (κ1) is 16.7. The van der Waals surface area contributed by atoms with Crippen molar-refractivity contribution >= 4 is 18.3 Å². The van der Waals surface area contributed by atoms with Gasteiger partial charge in [-0.15, -0.1) is 0 Å². The Labute approximate surface area is 147 Å². The van der Waals surface area contributed by atoms with Crippen LogP contribution in [0, 0.1) is 11.6 Å². The zero-order valence-electron chi connectivity index (χ0n) is 13.8. The second kappa shape index (κ2) is 7.62. The van der Waals surface area contributed by atoms with E-state index >= 15 is 0 Å². The SMILES string of the molecule is Cc1cc(=S)[nH]cc1C1CCCCN1C(=O)OCc1ccccc1. The van der Waals surface area contributed by atoms with Crippen molar-refractivity contribution in [1.82, 2.24) is 9.88 Å². The largest absolute Gasteiger partial charge is 0.445 e. The molecule has 126 valence electrons. The van der Waals surface area contributed by atoms with Crippen LogP contribution in [0.25, 0.3) is 0 Å². The van der Waals surface area contributed by atoms with E-state index < -0.39 is 0 Å². The molecule has 0 spiro atoms. The third-order valence-corrected chi connectivity index (χ3v) is 4.71. The highest BCUT2D eigenvalue weighted by Crippen LogP contribution is 2.32. The van der Waals surface area contributed by atoms with Gasteiger partial charge in [0, 0.05) is 12.7 Å². The number of rotatable bonds is 3. The maximum atomic E-state index is 12.6. The Morgan fingerprint density at radius 1 is 1.33 bits per heavy atom. The Morgan fingerprint density at radius 3 is 2.88 bits per heavy atom. The van der Waals surface area contributed by atoms with E-state index in [4.69, 9.17) is 17.0 Å². The molecule has 1 N–H and O–H groups in total. The molecule has 4 nitrogen and oxygen atoms in total. The summed E-state index contributed by atoms with van der Waals surface area (Å²) in [7, 11) is 0. The number of aromatic amines is 1. The molecular weight excluding hydrogens is 320 g/mol. The Hall–Kier alpha value is -2.14. The van der Waals surface area contributed by atoms with Crippen molar-refractivity contribution in [2.24, 2.45) is 0 Å². The van der Waals surface area contributed by atoms with Crippen LogP contribution in [0.2, 0.25) is 0 Å². The Morgan fingerprint density at radius 2 is 2.12 bits per heavy atom. The molecule has 1 aromatic heterocycles. The second-order valence-corrected chi connectivity index (χ2v) is 6.62. The van der Waals surface area contributed by atoms with E-state index in [0.29, 0.717) is 11.2 Å². The Balaban J connectivity index is 1.74. The Kier molecular flexibility index (Phi) is 5.30. The van der Waals surface area contributed by atoms with Crippen LogP contribution >= 0.6 is 12.2 Å². The van der Waals surface area contributed by atoms with Crippen molar-refractivity contribution < 1.29 is 9.53 Å². The molecule has 5 heteroatoms. The predicted molar refractivity (Wildman–Crippen MR) is 96.3 cm³/mol. The number of benzene rings is 1. The van der Waals surface area contributed by atoms with Crippen molar-refractivity contribution in [3.63, 3.8) is 0 Å². The number of amides is 1. The number of nitrogens with zero attached hydrogens (tertiary/aromatic N) is 1. The molecule has 1 aliphatic rings. The molecular formula is C19H22N2O2S.